The molecule has 1 saturated heterocycles. The Morgan fingerprint density at radius 2 is 2.09 bits per heavy atom. The Bertz CT molecular complexity index is 1100. The molecule has 0 bridgehead atoms. The molecule has 9 heteroatoms. The number of carbonyl (C=O) groups excluding carboxylic acids is 1. The Hall–Kier alpha value is -3.17. The lowest BCUT2D eigenvalue weighted by atomic mass is 10.2. The van der Waals surface area contributed by atoms with Gasteiger partial charge in [-0.15, -0.1) is 11.3 Å². The highest BCUT2D eigenvalue weighted by atomic mass is 32.1. The summed E-state index contributed by atoms with van der Waals surface area (Å²) in [6, 6.07) is 11.8. The van der Waals surface area contributed by atoms with Crippen molar-refractivity contribution in [3.05, 3.63) is 58.4 Å². The van der Waals surface area contributed by atoms with E-state index in [2.05, 4.69) is 36.9 Å². The van der Waals surface area contributed by atoms with Crippen molar-refractivity contribution in [1.29, 1.82) is 0 Å². The van der Waals surface area contributed by atoms with Crippen LogP contribution in [0.5, 0.6) is 5.75 Å². The summed E-state index contributed by atoms with van der Waals surface area (Å²) in [6.07, 6.45) is 4.64. The summed E-state index contributed by atoms with van der Waals surface area (Å²) in [7, 11) is 3.73. The van der Waals surface area contributed by atoms with Crippen LogP contribution in [0.3, 0.4) is 0 Å². The van der Waals surface area contributed by atoms with Gasteiger partial charge in [0.25, 0.3) is 5.91 Å². The zero-order chi connectivity index (χ0) is 24.6. The van der Waals surface area contributed by atoms with Crippen LogP contribution >= 0.6 is 11.3 Å². The van der Waals surface area contributed by atoms with Crippen LogP contribution in [0.25, 0.3) is 0 Å². The third-order valence-electron chi connectivity index (χ3n) is 6.04. The van der Waals surface area contributed by atoms with Crippen molar-refractivity contribution in [3.8, 4) is 5.75 Å². The monoisotopic (exact) mass is 494 g/mol. The third kappa shape index (κ3) is 6.10. The van der Waals surface area contributed by atoms with Crippen LogP contribution in [0.4, 0.5) is 17.5 Å². The molecule has 3 aromatic rings. The first kappa shape index (κ1) is 24.9. The number of nitrogens with one attached hydrogen (secondary N) is 2. The van der Waals surface area contributed by atoms with Crippen LogP contribution in [0.15, 0.2) is 48.0 Å². The molecule has 2 aromatic heterocycles. The summed E-state index contributed by atoms with van der Waals surface area (Å²) in [5.41, 5.74) is 1.27. The molecule has 1 aliphatic rings. The van der Waals surface area contributed by atoms with Gasteiger partial charge in [-0.2, -0.15) is 4.98 Å². The van der Waals surface area contributed by atoms with Crippen molar-refractivity contribution in [2.24, 2.45) is 0 Å². The number of carbonyl (C=O) groups is 1. The minimum atomic E-state index is -0.142. The molecule has 1 aliphatic heterocycles. The molecule has 186 valence electrons. The molecule has 8 nitrogen and oxygen atoms in total. The van der Waals surface area contributed by atoms with Gasteiger partial charge in [0.2, 0.25) is 5.95 Å². The van der Waals surface area contributed by atoms with Crippen LogP contribution in [-0.2, 0) is 0 Å². The smallest absolute Gasteiger partial charge is 0.263 e. The number of hydrogen-bond donors (Lipinski definition) is 2. The van der Waals surface area contributed by atoms with E-state index >= 15 is 0 Å². The van der Waals surface area contributed by atoms with Crippen molar-refractivity contribution in [1.82, 2.24) is 15.3 Å². The lowest BCUT2D eigenvalue weighted by molar-refractivity contribution is 0.0993. The first-order chi connectivity index (χ1) is 17.1. The molecule has 1 unspecified atom stereocenters. The van der Waals surface area contributed by atoms with Gasteiger partial charge >= 0.3 is 0 Å². The molecule has 1 aromatic carbocycles. The predicted octanol–water partition coefficient (Wildman–Crippen LogP) is 4.58. The van der Waals surface area contributed by atoms with Crippen molar-refractivity contribution >= 4 is 34.7 Å². The number of nitrogens with zero attached hydrogens (tertiary/aromatic N) is 4. The van der Waals surface area contributed by atoms with Gasteiger partial charge in [-0.05, 0) is 56.9 Å². The maximum atomic E-state index is 13.6. The molecule has 1 fully saturated rings. The van der Waals surface area contributed by atoms with Gasteiger partial charge in [-0.25, -0.2) is 4.98 Å². The van der Waals surface area contributed by atoms with E-state index in [-0.39, 0.29) is 12.0 Å². The number of benzene rings is 1. The first-order valence-electron chi connectivity index (χ1n) is 12.2. The van der Waals surface area contributed by atoms with Crippen molar-refractivity contribution in [2.45, 2.75) is 32.3 Å². The fourth-order valence-electron chi connectivity index (χ4n) is 4.17. The van der Waals surface area contributed by atoms with Crippen molar-refractivity contribution in [3.63, 3.8) is 0 Å². The van der Waals surface area contributed by atoms with Crippen LogP contribution in [-0.4, -0.2) is 56.1 Å². The second-order valence-corrected chi connectivity index (χ2v) is 9.51. The average molecular weight is 495 g/mol. The Morgan fingerprint density at radius 1 is 1.26 bits per heavy atom. The van der Waals surface area contributed by atoms with Gasteiger partial charge in [0.15, 0.2) is 0 Å². The summed E-state index contributed by atoms with van der Waals surface area (Å²) in [5, 5.41) is 8.42. The molecular formula is C26H34N6O2S. The number of amides is 1. The second-order valence-electron chi connectivity index (χ2n) is 8.53. The van der Waals surface area contributed by atoms with E-state index in [1.807, 2.05) is 44.3 Å². The van der Waals surface area contributed by atoms with Crippen LogP contribution in [0.2, 0.25) is 0 Å². The molecule has 3 heterocycles. The zero-order valence-corrected chi connectivity index (χ0v) is 21.5. The van der Waals surface area contributed by atoms with E-state index in [1.165, 1.54) is 4.88 Å². The minimum Gasteiger partial charge on any atom is -0.485 e. The van der Waals surface area contributed by atoms with Gasteiger partial charge in [0, 0.05) is 55.9 Å². The van der Waals surface area contributed by atoms with Gasteiger partial charge in [0.05, 0.1) is 0 Å². The van der Waals surface area contributed by atoms with E-state index in [1.54, 1.807) is 29.5 Å². The lowest BCUT2D eigenvalue weighted by Crippen LogP contribution is -2.30. The lowest BCUT2D eigenvalue weighted by Gasteiger charge is -2.24. The normalized spacial score (nSPS) is 14.1. The molecule has 1 atom stereocenters. The number of rotatable bonds is 11. The molecule has 0 radical (unpaired) electrons. The number of anilines is 3. The second kappa shape index (κ2) is 12.0. The fourth-order valence-corrected chi connectivity index (χ4v) is 4.96. The van der Waals surface area contributed by atoms with E-state index in [0.29, 0.717) is 17.3 Å². The van der Waals surface area contributed by atoms with Crippen molar-refractivity contribution < 1.29 is 9.53 Å². The van der Waals surface area contributed by atoms with Gasteiger partial charge < -0.3 is 25.2 Å². The Balaban J connectivity index is 1.56. The fraction of sp³-hybridized carbons (Fsp3) is 0.423. The topological polar surface area (TPSA) is 82.6 Å². The average Bonchev–Trinajstić information content (AvgIpc) is 3.61. The quantitative estimate of drug-likeness (QED) is 0.404. The summed E-state index contributed by atoms with van der Waals surface area (Å²) < 4.78 is 6.38. The Kier molecular flexibility index (Phi) is 8.54. The molecule has 0 spiro atoms. The summed E-state index contributed by atoms with van der Waals surface area (Å²) in [4.78, 5) is 27.7. The molecule has 1 amide bonds. The van der Waals surface area contributed by atoms with E-state index in [0.717, 1.165) is 56.9 Å². The summed E-state index contributed by atoms with van der Waals surface area (Å²) in [5.74, 6) is 1.83. The van der Waals surface area contributed by atoms with Crippen LogP contribution in [0, 0.1) is 0 Å². The largest absolute Gasteiger partial charge is 0.485 e. The Morgan fingerprint density at radius 3 is 2.80 bits per heavy atom. The first-order valence-corrected chi connectivity index (χ1v) is 13.1. The molecule has 35 heavy (non-hydrogen) atoms. The zero-order valence-electron chi connectivity index (χ0n) is 20.7. The van der Waals surface area contributed by atoms with Crippen molar-refractivity contribution in [2.75, 3.05) is 55.4 Å². The predicted molar refractivity (Wildman–Crippen MR) is 143 cm³/mol. The number of ether oxygens (including phenoxy) is 1. The summed E-state index contributed by atoms with van der Waals surface area (Å²) in [6.45, 7) is 5.37. The van der Waals surface area contributed by atoms with Crippen LogP contribution in [0.1, 0.15) is 47.5 Å². The minimum absolute atomic E-state index is 0.0486. The Labute approximate surface area is 211 Å². The highest BCUT2D eigenvalue weighted by molar-refractivity contribution is 7.10. The maximum Gasteiger partial charge on any atom is 0.263 e. The van der Waals surface area contributed by atoms with Gasteiger partial charge in [-0.1, -0.05) is 12.1 Å². The number of thiophene rings is 1. The van der Waals surface area contributed by atoms with E-state index in [9.17, 15) is 4.79 Å². The number of hydrogen-bond acceptors (Lipinski definition) is 8. The highest BCUT2D eigenvalue weighted by Gasteiger charge is 2.25. The molecular weight excluding hydrogens is 460 g/mol. The van der Waals surface area contributed by atoms with Crippen LogP contribution < -0.4 is 25.2 Å². The third-order valence-corrected chi connectivity index (χ3v) is 7.01. The molecule has 4 rings (SSSR count). The SMILES string of the molecule is CCNc1ncc(C(=O)N(C)c2cccc(OC(CCNC)c3cccs3)c2)c(N2CCCC2)n1. The summed E-state index contributed by atoms with van der Waals surface area (Å²) >= 11 is 1.69. The highest BCUT2D eigenvalue weighted by Crippen LogP contribution is 2.31. The van der Waals surface area contributed by atoms with E-state index < -0.39 is 0 Å². The molecule has 0 saturated carbocycles. The molecule has 2 N–H and O–H groups in total. The standard InChI is InChI=1S/C26H34N6O2S/c1-4-28-26-29-18-21(24(30-26)32-14-5-6-15-32)25(33)31(3)19-9-7-10-20(17-19)34-22(12-13-27-2)23-11-8-16-35-23/h7-11,16-18,22,27H,4-6,12-15H2,1-3H3,(H,28,29,30). The van der Waals surface area contributed by atoms with E-state index in [4.69, 9.17) is 4.74 Å². The van der Waals surface area contributed by atoms with Gasteiger partial charge in [0.1, 0.15) is 23.2 Å². The van der Waals surface area contributed by atoms with Gasteiger partial charge in [-0.3, -0.25) is 4.79 Å². The maximum absolute atomic E-state index is 13.6. The number of aromatic nitrogens is 2. The molecule has 0 aliphatic carbocycles.